The molecule has 0 aliphatic carbocycles. The molecule has 0 radical (unpaired) electrons. The predicted octanol–water partition coefficient (Wildman–Crippen LogP) is 1.99. The highest BCUT2D eigenvalue weighted by Crippen LogP contribution is 2.29. The first-order valence-corrected chi connectivity index (χ1v) is 4.29. The summed E-state index contributed by atoms with van der Waals surface area (Å²) in [4.78, 5) is 3.07. The van der Waals surface area contributed by atoms with E-state index in [1.54, 1.807) is 18.2 Å². The zero-order valence-corrected chi connectivity index (χ0v) is 7.60. The number of phenolic OH excluding ortho intramolecular Hbond substituents is 1. The van der Waals surface area contributed by atoms with Gasteiger partial charge in [0.05, 0.1) is 5.02 Å². The number of aromatic hydroxyl groups is 1. The van der Waals surface area contributed by atoms with Gasteiger partial charge in [0, 0.05) is 23.1 Å². The number of nitrogens with one attached hydrogen (secondary N) is 1. The van der Waals surface area contributed by atoms with Crippen LogP contribution in [0.2, 0.25) is 5.02 Å². The third-order valence-corrected chi connectivity index (χ3v) is 2.43. The Morgan fingerprint density at radius 1 is 1.46 bits per heavy atom. The topological polar surface area (TPSA) is 62.0 Å². The maximum Gasteiger partial charge on any atom is 0.116 e. The second kappa shape index (κ2) is 2.94. The second-order valence-electron chi connectivity index (χ2n) is 2.85. The van der Waals surface area contributed by atoms with Crippen molar-refractivity contribution in [3.8, 4) is 5.75 Å². The number of aromatic amines is 1. The molecule has 0 fully saturated rings. The van der Waals surface area contributed by atoms with Gasteiger partial charge in [-0.05, 0) is 18.2 Å². The van der Waals surface area contributed by atoms with Crippen LogP contribution >= 0.6 is 11.6 Å². The lowest BCUT2D eigenvalue weighted by Crippen LogP contribution is -1.96. The van der Waals surface area contributed by atoms with E-state index in [4.69, 9.17) is 17.3 Å². The molecule has 1 heterocycles. The number of fused-ring (bicyclic) bond motifs is 1. The van der Waals surface area contributed by atoms with E-state index < -0.39 is 0 Å². The number of benzene rings is 1. The van der Waals surface area contributed by atoms with Crippen LogP contribution in [0.5, 0.6) is 5.75 Å². The molecule has 3 nitrogen and oxygen atoms in total. The lowest BCUT2D eigenvalue weighted by atomic mass is 10.2. The molecule has 4 N–H and O–H groups in total. The van der Waals surface area contributed by atoms with Crippen LogP contribution in [-0.4, -0.2) is 10.1 Å². The van der Waals surface area contributed by atoms with Crippen LogP contribution in [0.4, 0.5) is 0 Å². The van der Waals surface area contributed by atoms with Crippen LogP contribution < -0.4 is 5.73 Å². The summed E-state index contributed by atoms with van der Waals surface area (Å²) in [5.74, 6) is 0.206. The van der Waals surface area contributed by atoms with Gasteiger partial charge in [0.2, 0.25) is 0 Å². The lowest BCUT2D eigenvalue weighted by molar-refractivity contribution is 0.476. The van der Waals surface area contributed by atoms with Crippen molar-refractivity contribution >= 4 is 22.5 Å². The predicted molar refractivity (Wildman–Crippen MR) is 52.9 cm³/mol. The zero-order chi connectivity index (χ0) is 9.42. The molecule has 0 atom stereocenters. The van der Waals surface area contributed by atoms with E-state index in [0.717, 1.165) is 16.6 Å². The normalized spacial score (nSPS) is 10.9. The van der Waals surface area contributed by atoms with Crippen molar-refractivity contribution in [2.45, 2.75) is 6.54 Å². The van der Waals surface area contributed by atoms with E-state index >= 15 is 0 Å². The van der Waals surface area contributed by atoms with Gasteiger partial charge in [-0.15, -0.1) is 0 Å². The monoisotopic (exact) mass is 196 g/mol. The number of nitrogens with two attached hydrogens (primary N) is 1. The Morgan fingerprint density at radius 2 is 2.23 bits per heavy atom. The van der Waals surface area contributed by atoms with Crippen LogP contribution in [0.1, 0.15) is 5.69 Å². The molecular weight excluding hydrogens is 188 g/mol. The van der Waals surface area contributed by atoms with Crippen molar-refractivity contribution < 1.29 is 5.11 Å². The standard InChI is InChI=1S/C9H9ClN2O/c10-9-6-3-5(13)1-2-7(6)12-8(9)4-11/h1-3,12-13H,4,11H2. The van der Waals surface area contributed by atoms with Crippen LogP contribution in [0, 0.1) is 0 Å². The minimum atomic E-state index is 0.206. The summed E-state index contributed by atoms with van der Waals surface area (Å²) >= 11 is 6.01. The van der Waals surface area contributed by atoms with Crippen LogP contribution in [0.3, 0.4) is 0 Å². The van der Waals surface area contributed by atoms with Crippen molar-refractivity contribution in [1.82, 2.24) is 4.98 Å². The van der Waals surface area contributed by atoms with Crippen molar-refractivity contribution in [3.63, 3.8) is 0 Å². The summed E-state index contributed by atoms with van der Waals surface area (Å²) in [6.07, 6.45) is 0. The number of hydrogen-bond acceptors (Lipinski definition) is 2. The SMILES string of the molecule is NCc1[nH]c2ccc(O)cc2c1Cl. The smallest absolute Gasteiger partial charge is 0.116 e. The van der Waals surface area contributed by atoms with E-state index in [2.05, 4.69) is 4.98 Å². The van der Waals surface area contributed by atoms with Gasteiger partial charge in [-0.3, -0.25) is 0 Å². The maximum atomic E-state index is 9.23. The molecule has 0 aliphatic heterocycles. The molecular formula is C9H9ClN2O. The van der Waals surface area contributed by atoms with Gasteiger partial charge in [0.15, 0.2) is 0 Å². The van der Waals surface area contributed by atoms with E-state index in [-0.39, 0.29) is 5.75 Å². The first-order chi connectivity index (χ1) is 6.22. The fraction of sp³-hybridized carbons (Fsp3) is 0.111. The Labute approximate surface area is 80.1 Å². The summed E-state index contributed by atoms with van der Waals surface area (Å²) in [6.45, 7) is 0.369. The van der Waals surface area contributed by atoms with Crippen LogP contribution in [0.25, 0.3) is 10.9 Å². The molecule has 0 bridgehead atoms. The average molecular weight is 197 g/mol. The molecule has 2 rings (SSSR count). The van der Waals surface area contributed by atoms with Gasteiger partial charge in [-0.1, -0.05) is 11.6 Å². The molecule has 0 saturated carbocycles. The van der Waals surface area contributed by atoms with Crippen molar-refractivity contribution in [1.29, 1.82) is 0 Å². The zero-order valence-electron chi connectivity index (χ0n) is 6.84. The Morgan fingerprint density at radius 3 is 2.92 bits per heavy atom. The Kier molecular flexibility index (Phi) is 1.90. The van der Waals surface area contributed by atoms with Crippen molar-refractivity contribution in [2.75, 3.05) is 0 Å². The van der Waals surface area contributed by atoms with E-state index in [1.807, 2.05) is 0 Å². The molecule has 1 aromatic carbocycles. The van der Waals surface area contributed by atoms with Crippen LogP contribution in [-0.2, 0) is 6.54 Å². The molecule has 0 amide bonds. The average Bonchev–Trinajstić information content (AvgIpc) is 2.44. The molecule has 0 unspecified atom stereocenters. The van der Waals surface area contributed by atoms with Gasteiger partial charge in [0.25, 0.3) is 0 Å². The van der Waals surface area contributed by atoms with Gasteiger partial charge >= 0.3 is 0 Å². The molecule has 0 saturated heterocycles. The number of H-pyrrole nitrogens is 1. The first-order valence-electron chi connectivity index (χ1n) is 3.91. The molecule has 2 aromatic rings. The minimum absolute atomic E-state index is 0.206. The fourth-order valence-corrected chi connectivity index (χ4v) is 1.62. The van der Waals surface area contributed by atoms with Gasteiger partial charge in [-0.2, -0.15) is 0 Å². The van der Waals surface area contributed by atoms with E-state index in [0.29, 0.717) is 11.6 Å². The van der Waals surface area contributed by atoms with Gasteiger partial charge < -0.3 is 15.8 Å². The summed E-state index contributed by atoms with van der Waals surface area (Å²) in [7, 11) is 0. The first kappa shape index (κ1) is 8.41. The number of rotatable bonds is 1. The Balaban J connectivity index is 2.77. The quantitative estimate of drug-likeness (QED) is 0.653. The van der Waals surface area contributed by atoms with Gasteiger partial charge in [-0.25, -0.2) is 0 Å². The summed E-state index contributed by atoms with van der Waals surface area (Å²) in [5.41, 5.74) is 7.16. The minimum Gasteiger partial charge on any atom is -0.508 e. The lowest BCUT2D eigenvalue weighted by Gasteiger charge is -1.91. The highest BCUT2D eigenvalue weighted by Gasteiger charge is 2.07. The summed E-state index contributed by atoms with van der Waals surface area (Å²) < 4.78 is 0. The van der Waals surface area contributed by atoms with Crippen molar-refractivity contribution in [3.05, 3.63) is 28.9 Å². The molecule has 13 heavy (non-hydrogen) atoms. The highest BCUT2D eigenvalue weighted by atomic mass is 35.5. The van der Waals surface area contributed by atoms with E-state index in [9.17, 15) is 5.11 Å². The van der Waals surface area contributed by atoms with Crippen molar-refractivity contribution in [2.24, 2.45) is 5.73 Å². The molecule has 68 valence electrons. The number of phenols is 1. The maximum absolute atomic E-state index is 9.23. The highest BCUT2D eigenvalue weighted by molar-refractivity contribution is 6.36. The number of halogens is 1. The summed E-state index contributed by atoms with van der Waals surface area (Å²) in [5, 5.41) is 10.6. The van der Waals surface area contributed by atoms with E-state index in [1.165, 1.54) is 0 Å². The number of hydrogen-bond donors (Lipinski definition) is 3. The summed E-state index contributed by atoms with van der Waals surface area (Å²) in [6, 6.07) is 5.00. The fourth-order valence-electron chi connectivity index (χ4n) is 1.34. The Bertz CT molecular complexity index is 450. The molecule has 4 heteroatoms. The third-order valence-electron chi connectivity index (χ3n) is 1.99. The largest absolute Gasteiger partial charge is 0.508 e. The number of aromatic nitrogens is 1. The third kappa shape index (κ3) is 1.26. The molecule has 0 spiro atoms. The Hall–Kier alpha value is -1.19. The molecule has 1 aromatic heterocycles. The molecule has 0 aliphatic rings. The van der Waals surface area contributed by atoms with Crippen LogP contribution in [0.15, 0.2) is 18.2 Å². The second-order valence-corrected chi connectivity index (χ2v) is 3.23. The van der Waals surface area contributed by atoms with Gasteiger partial charge in [0.1, 0.15) is 5.75 Å².